The molecule has 0 aliphatic carbocycles. The number of hydrogen-bond donors (Lipinski definition) is 2. The van der Waals surface area contributed by atoms with Gasteiger partial charge in [-0.3, -0.25) is 14.7 Å². The molecule has 10 heteroatoms. The number of anilines is 1. The monoisotopic (exact) mass is 498 g/mol. The Labute approximate surface area is 214 Å². The summed E-state index contributed by atoms with van der Waals surface area (Å²) in [6.07, 6.45) is 9.98. The van der Waals surface area contributed by atoms with Crippen LogP contribution in [0.25, 0.3) is 22.2 Å². The number of carbonyl (C=O) groups is 1. The topological polar surface area (TPSA) is 106 Å². The van der Waals surface area contributed by atoms with E-state index in [-0.39, 0.29) is 0 Å². The highest BCUT2D eigenvalue weighted by molar-refractivity contribution is 5.99. The Morgan fingerprint density at radius 2 is 1.84 bits per heavy atom. The molecule has 0 bridgehead atoms. The predicted molar refractivity (Wildman–Crippen MR) is 143 cm³/mol. The molecular weight excluding hydrogens is 468 g/mol. The number of amides is 1. The maximum atomic E-state index is 12.6. The van der Waals surface area contributed by atoms with Gasteiger partial charge in [0.15, 0.2) is 5.75 Å². The van der Waals surface area contributed by atoms with Crippen LogP contribution >= 0.6 is 0 Å². The van der Waals surface area contributed by atoms with Crippen LogP contribution in [0, 0.1) is 0 Å². The summed E-state index contributed by atoms with van der Waals surface area (Å²) in [5.41, 5.74) is 4.25. The molecule has 2 N–H and O–H groups in total. The second kappa shape index (κ2) is 11.1. The van der Waals surface area contributed by atoms with E-state index >= 15 is 0 Å². The van der Waals surface area contributed by atoms with E-state index in [0.29, 0.717) is 23.6 Å². The van der Waals surface area contributed by atoms with Crippen molar-refractivity contribution in [2.75, 3.05) is 25.0 Å². The van der Waals surface area contributed by atoms with Crippen LogP contribution in [0.2, 0.25) is 0 Å². The SMILES string of the molecule is CCN(CC)CCn1cc(-c2cnc3[nH]cc(NC(=O)Oc4cnn(Cc5ccccc5)c4)c3c2)cn1. The Balaban J connectivity index is 1.24. The van der Waals surface area contributed by atoms with Crippen LogP contribution in [0.5, 0.6) is 5.75 Å². The number of pyridine rings is 1. The highest BCUT2D eigenvalue weighted by Crippen LogP contribution is 2.27. The minimum Gasteiger partial charge on any atom is -0.407 e. The molecule has 5 aromatic rings. The number of aromatic nitrogens is 6. The zero-order chi connectivity index (χ0) is 25.6. The summed E-state index contributed by atoms with van der Waals surface area (Å²) in [6, 6.07) is 11.9. The smallest absolute Gasteiger partial charge is 0.407 e. The Kier molecular flexibility index (Phi) is 7.27. The van der Waals surface area contributed by atoms with Crippen LogP contribution in [-0.4, -0.2) is 60.2 Å². The molecule has 0 aliphatic rings. The number of H-pyrrole nitrogens is 1. The van der Waals surface area contributed by atoms with E-state index in [1.165, 1.54) is 6.20 Å². The first-order chi connectivity index (χ1) is 18.1. The molecule has 1 aromatic carbocycles. The van der Waals surface area contributed by atoms with Crippen molar-refractivity contribution in [3.8, 4) is 16.9 Å². The molecule has 1 amide bonds. The van der Waals surface area contributed by atoms with Crippen LogP contribution in [-0.2, 0) is 13.1 Å². The van der Waals surface area contributed by atoms with E-state index in [0.717, 1.165) is 48.3 Å². The highest BCUT2D eigenvalue weighted by Gasteiger charge is 2.13. The summed E-state index contributed by atoms with van der Waals surface area (Å²) in [5, 5.41) is 12.4. The van der Waals surface area contributed by atoms with Gasteiger partial charge in [-0.05, 0) is 24.7 Å². The molecule has 0 saturated heterocycles. The molecular formula is C27H30N8O2. The first-order valence-corrected chi connectivity index (χ1v) is 12.4. The molecule has 5 rings (SSSR count). The van der Waals surface area contributed by atoms with E-state index in [1.54, 1.807) is 23.3 Å². The number of benzene rings is 1. The molecule has 0 atom stereocenters. The lowest BCUT2D eigenvalue weighted by Gasteiger charge is -2.17. The lowest BCUT2D eigenvalue weighted by atomic mass is 10.1. The van der Waals surface area contributed by atoms with Gasteiger partial charge in [0.05, 0.1) is 37.4 Å². The number of ether oxygens (including phenoxy) is 1. The van der Waals surface area contributed by atoms with E-state index in [4.69, 9.17) is 4.74 Å². The largest absolute Gasteiger partial charge is 0.417 e. The van der Waals surface area contributed by atoms with Gasteiger partial charge in [-0.2, -0.15) is 10.2 Å². The zero-order valence-electron chi connectivity index (χ0n) is 21.0. The van der Waals surface area contributed by atoms with E-state index in [1.807, 2.05) is 53.5 Å². The number of rotatable bonds is 10. The molecule has 37 heavy (non-hydrogen) atoms. The summed E-state index contributed by atoms with van der Waals surface area (Å²) in [5.74, 6) is 0.365. The summed E-state index contributed by atoms with van der Waals surface area (Å²) in [6.45, 7) is 8.73. The van der Waals surface area contributed by atoms with Crippen molar-refractivity contribution in [1.29, 1.82) is 0 Å². The van der Waals surface area contributed by atoms with Gasteiger partial charge in [0, 0.05) is 41.6 Å². The molecule has 0 spiro atoms. The van der Waals surface area contributed by atoms with Crippen molar-refractivity contribution in [1.82, 2.24) is 34.4 Å². The second-order valence-corrected chi connectivity index (χ2v) is 8.72. The van der Waals surface area contributed by atoms with Crippen molar-refractivity contribution >= 4 is 22.8 Å². The van der Waals surface area contributed by atoms with Gasteiger partial charge in [-0.1, -0.05) is 44.2 Å². The number of carbonyl (C=O) groups excluding carboxylic acids is 1. The fourth-order valence-corrected chi connectivity index (χ4v) is 4.18. The molecule has 10 nitrogen and oxygen atoms in total. The van der Waals surface area contributed by atoms with Crippen LogP contribution in [0.1, 0.15) is 19.4 Å². The third-order valence-corrected chi connectivity index (χ3v) is 6.28. The van der Waals surface area contributed by atoms with Gasteiger partial charge in [0.25, 0.3) is 0 Å². The van der Waals surface area contributed by atoms with Gasteiger partial charge in [-0.25, -0.2) is 9.78 Å². The van der Waals surface area contributed by atoms with Crippen molar-refractivity contribution in [2.45, 2.75) is 26.9 Å². The molecule has 190 valence electrons. The van der Waals surface area contributed by atoms with E-state index in [9.17, 15) is 4.79 Å². The van der Waals surface area contributed by atoms with Crippen LogP contribution in [0.4, 0.5) is 10.5 Å². The molecule has 0 unspecified atom stereocenters. The van der Waals surface area contributed by atoms with Gasteiger partial charge < -0.3 is 14.6 Å². The quantitative estimate of drug-likeness (QED) is 0.291. The lowest BCUT2D eigenvalue weighted by molar-refractivity contribution is 0.215. The number of nitrogens with one attached hydrogen (secondary N) is 2. The van der Waals surface area contributed by atoms with Crippen LogP contribution in [0.15, 0.2) is 73.6 Å². The Morgan fingerprint density at radius 1 is 1.03 bits per heavy atom. The lowest BCUT2D eigenvalue weighted by Crippen LogP contribution is -2.27. The number of nitrogens with zero attached hydrogens (tertiary/aromatic N) is 6. The maximum Gasteiger partial charge on any atom is 0.417 e. The van der Waals surface area contributed by atoms with E-state index < -0.39 is 6.09 Å². The standard InChI is InChI=1S/C27H30N8O2/c1-3-33(4-2)10-11-34-18-22(14-30-34)21-12-24-25(16-29-26(24)28-13-21)32-27(36)37-23-15-31-35(19-23)17-20-8-6-5-7-9-20/h5-9,12-16,18-19H,3-4,10-11,17H2,1-2H3,(H,28,29)(H,32,36). The van der Waals surface area contributed by atoms with E-state index in [2.05, 4.69) is 44.2 Å². The van der Waals surface area contributed by atoms with Gasteiger partial charge >= 0.3 is 6.09 Å². The maximum absolute atomic E-state index is 12.6. The zero-order valence-corrected chi connectivity index (χ0v) is 21.0. The van der Waals surface area contributed by atoms with Gasteiger partial charge in [-0.15, -0.1) is 0 Å². The minimum absolute atomic E-state index is 0.365. The Hall–Kier alpha value is -4.44. The average Bonchev–Trinajstić information content (AvgIpc) is 3.66. The second-order valence-electron chi connectivity index (χ2n) is 8.72. The molecule has 4 aromatic heterocycles. The number of hydrogen-bond acceptors (Lipinski definition) is 6. The minimum atomic E-state index is -0.602. The molecule has 4 heterocycles. The third-order valence-electron chi connectivity index (χ3n) is 6.28. The summed E-state index contributed by atoms with van der Waals surface area (Å²) in [7, 11) is 0. The number of aromatic amines is 1. The normalized spacial score (nSPS) is 11.3. The molecule has 0 saturated carbocycles. The van der Waals surface area contributed by atoms with Crippen LogP contribution < -0.4 is 10.1 Å². The molecule has 0 radical (unpaired) electrons. The van der Waals surface area contributed by atoms with Crippen molar-refractivity contribution in [3.63, 3.8) is 0 Å². The third kappa shape index (κ3) is 5.87. The molecule has 0 aliphatic heterocycles. The first-order valence-electron chi connectivity index (χ1n) is 12.4. The summed E-state index contributed by atoms with van der Waals surface area (Å²) in [4.78, 5) is 22.6. The highest BCUT2D eigenvalue weighted by atomic mass is 16.6. The summed E-state index contributed by atoms with van der Waals surface area (Å²) < 4.78 is 9.12. The number of likely N-dealkylation sites (N-methyl/N-ethyl adjacent to an activating group) is 1. The van der Waals surface area contributed by atoms with Crippen LogP contribution in [0.3, 0.4) is 0 Å². The molecule has 0 fully saturated rings. The van der Waals surface area contributed by atoms with Crippen molar-refractivity contribution in [3.05, 3.63) is 79.1 Å². The predicted octanol–water partition coefficient (Wildman–Crippen LogP) is 4.62. The fourth-order valence-electron chi connectivity index (χ4n) is 4.18. The fraction of sp³-hybridized carbons (Fsp3) is 0.259. The first kappa shape index (κ1) is 24.3. The summed E-state index contributed by atoms with van der Waals surface area (Å²) >= 11 is 0. The van der Waals surface area contributed by atoms with Gasteiger partial charge in [0.1, 0.15) is 5.65 Å². The van der Waals surface area contributed by atoms with Gasteiger partial charge in [0.2, 0.25) is 0 Å². The Bertz CT molecular complexity index is 1470. The van der Waals surface area contributed by atoms with Crippen molar-refractivity contribution in [2.24, 2.45) is 0 Å². The average molecular weight is 499 g/mol. The Morgan fingerprint density at radius 3 is 2.65 bits per heavy atom. The number of fused-ring (bicyclic) bond motifs is 1. The van der Waals surface area contributed by atoms with Crippen molar-refractivity contribution < 1.29 is 9.53 Å².